The van der Waals surface area contributed by atoms with E-state index in [9.17, 15) is 14.2 Å². The minimum absolute atomic E-state index is 0.164. The SMILES string of the molecule is CC(C)OC(=O)C(C)NP(=O)(NC(C)C(=O)O)Oc1ccc(CO)cc1. The first kappa shape index (κ1) is 22.1. The van der Waals surface area contributed by atoms with Gasteiger partial charge in [0.25, 0.3) is 0 Å². The van der Waals surface area contributed by atoms with Crippen LogP contribution in [0.1, 0.15) is 33.3 Å². The molecule has 0 aliphatic rings. The van der Waals surface area contributed by atoms with Crippen molar-refractivity contribution in [3.63, 3.8) is 0 Å². The molecule has 3 atom stereocenters. The maximum Gasteiger partial charge on any atom is 0.391 e. The van der Waals surface area contributed by atoms with Crippen molar-refractivity contribution in [2.24, 2.45) is 0 Å². The highest BCUT2D eigenvalue weighted by Crippen LogP contribution is 2.40. The second kappa shape index (κ2) is 9.68. The number of aliphatic hydroxyl groups is 1. The topological polar surface area (TPSA) is 134 Å². The van der Waals surface area contributed by atoms with E-state index in [2.05, 4.69) is 10.2 Å². The number of rotatable bonds is 10. The van der Waals surface area contributed by atoms with Crippen LogP contribution in [0.4, 0.5) is 0 Å². The first-order valence-electron chi connectivity index (χ1n) is 8.04. The molecule has 0 amide bonds. The maximum atomic E-state index is 13.1. The molecule has 0 aliphatic carbocycles. The molecule has 26 heavy (non-hydrogen) atoms. The zero-order chi connectivity index (χ0) is 19.9. The van der Waals surface area contributed by atoms with Crippen molar-refractivity contribution in [3.05, 3.63) is 29.8 Å². The van der Waals surface area contributed by atoms with Crippen molar-refractivity contribution in [2.75, 3.05) is 0 Å². The van der Waals surface area contributed by atoms with Gasteiger partial charge in [0.2, 0.25) is 0 Å². The summed E-state index contributed by atoms with van der Waals surface area (Å²) in [5.41, 5.74) is 0.626. The first-order chi connectivity index (χ1) is 12.1. The van der Waals surface area contributed by atoms with E-state index < -0.39 is 31.7 Å². The zero-order valence-electron chi connectivity index (χ0n) is 15.1. The molecule has 0 fully saturated rings. The quantitative estimate of drug-likeness (QED) is 0.349. The van der Waals surface area contributed by atoms with Gasteiger partial charge in [-0.05, 0) is 45.4 Å². The molecule has 0 heterocycles. The number of aliphatic carboxylic acids is 1. The molecule has 3 unspecified atom stereocenters. The number of benzene rings is 1. The third-order valence-corrected chi connectivity index (χ3v) is 5.07. The molecular formula is C16H25N2O7P. The summed E-state index contributed by atoms with van der Waals surface area (Å²) >= 11 is 0. The van der Waals surface area contributed by atoms with Gasteiger partial charge in [-0.15, -0.1) is 0 Å². The third-order valence-electron chi connectivity index (χ3n) is 3.14. The fourth-order valence-electron chi connectivity index (χ4n) is 1.85. The summed E-state index contributed by atoms with van der Waals surface area (Å²) in [6, 6.07) is 3.88. The Kier molecular flexibility index (Phi) is 8.23. The Bertz CT molecular complexity index is 663. The van der Waals surface area contributed by atoms with Gasteiger partial charge in [0.05, 0.1) is 12.7 Å². The second-order valence-corrected chi connectivity index (χ2v) is 7.77. The minimum atomic E-state index is -3.97. The number of esters is 1. The lowest BCUT2D eigenvalue weighted by Gasteiger charge is -2.26. The molecular weight excluding hydrogens is 363 g/mol. The number of carbonyl (C=O) groups excluding carboxylic acids is 1. The predicted molar refractivity (Wildman–Crippen MR) is 94.7 cm³/mol. The van der Waals surface area contributed by atoms with Crippen LogP contribution in [0.2, 0.25) is 0 Å². The van der Waals surface area contributed by atoms with E-state index in [-0.39, 0.29) is 18.5 Å². The highest BCUT2D eigenvalue weighted by atomic mass is 31.2. The van der Waals surface area contributed by atoms with Gasteiger partial charge in [0.1, 0.15) is 17.8 Å². The number of aliphatic hydroxyl groups excluding tert-OH is 1. The Hall–Kier alpha value is -1.93. The van der Waals surface area contributed by atoms with Crippen LogP contribution in [0.15, 0.2) is 24.3 Å². The molecule has 0 saturated heterocycles. The van der Waals surface area contributed by atoms with Gasteiger partial charge < -0.3 is 19.5 Å². The van der Waals surface area contributed by atoms with E-state index >= 15 is 0 Å². The van der Waals surface area contributed by atoms with Gasteiger partial charge in [0, 0.05) is 0 Å². The van der Waals surface area contributed by atoms with Gasteiger partial charge in [-0.25, -0.2) is 14.7 Å². The molecule has 9 nitrogen and oxygen atoms in total. The van der Waals surface area contributed by atoms with Crippen LogP contribution in [0.3, 0.4) is 0 Å². The van der Waals surface area contributed by atoms with Crippen LogP contribution in [0, 0.1) is 0 Å². The summed E-state index contributed by atoms with van der Waals surface area (Å²) in [7, 11) is -3.97. The van der Waals surface area contributed by atoms with Gasteiger partial charge in [-0.3, -0.25) is 9.59 Å². The Morgan fingerprint density at radius 1 is 1.08 bits per heavy atom. The van der Waals surface area contributed by atoms with E-state index in [0.717, 1.165) is 0 Å². The van der Waals surface area contributed by atoms with Crippen LogP contribution < -0.4 is 14.7 Å². The Balaban J connectivity index is 2.98. The molecule has 4 N–H and O–H groups in total. The fourth-order valence-corrected chi connectivity index (χ4v) is 3.68. The molecule has 1 rings (SSSR count). The maximum absolute atomic E-state index is 13.1. The Morgan fingerprint density at radius 2 is 1.62 bits per heavy atom. The number of nitrogens with one attached hydrogen (secondary N) is 2. The van der Waals surface area contributed by atoms with E-state index in [1.165, 1.54) is 26.0 Å². The van der Waals surface area contributed by atoms with Crippen LogP contribution in [0.25, 0.3) is 0 Å². The van der Waals surface area contributed by atoms with E-state index in [0.29, 0.717) is 5.56 Å². The standard InChI is InChI=1S/C16H25N2O7P/c1-10(2)24-16(22)12(4)18-26(23,17-11(3)15(20)21)25-14-7-5-13(9-19)6-8-14/h5-8,10-12,19H,9H2,1-4H3,(H,20,21)(H2,17,18,23). The summed E-state index contributed by atoms with van der Waals surface area (Å²) < 4.78 is 23.6. The molecule has 0 aromatic heterocycles. The van der Waals surface area contributed by atoms with Crippen molar-refractivity contribution in [3.8, 4) is 5.75 Å². The summed E-state index contributed by atoms with van der Waals surface area (Å²) in [4.78, 5) is 23.0. The highest BCUT2D eigenvalue weighted by Gasteiger charge is 2.34. The molecule has 1 aromatic carbocycles. The average molecular weight is 388 g/mol. The van der Waals surface area contributed by atoms with Gasteiger partial charge in [-0.1, -0.05) is 12.1 Å². The summed E-state index contributed by atoms with van der Waals surface area (Å²) in [6.07, 6.45) is -0.357. The molecule has 146 valence electrons. The predicted octanol–water partition coefficient (Wildman–Crippen LogP) is 1.66. The number of carboxylic acids is 1. The van der Waals surface area contributed by atoms with Crippen molar-refractivity contribution >= 4 is 19.6 Å². The smallest absolute Gasteiger partial charge is 0.391 e. The molecule has 10 heteroatoms. The number of ether oxygens (including phenoxy) is 1. The zero-order valence-corrected chi connectivity index (χ0v) is 16.0. The van der Waals surface area contributed by atoms with E-state index in [1.54, 1.807) is 26.0 Å². The van der Waals surface area contributed by atoms with E-state index in [4.69, 9.17) is 19.5 Å². The molecule has 0 aliphatic heterocycles. The number of hydrogen-bond acceptors (Lipinski definition) is 6. The van der Waals surface area contributed by atoms with Crippen LogP contribution in [-0.4, -0.2) is 40.3 Å². The largest absolute Gasteiger partial charge is 0.480 e. The van der Waals surface area contributed by atoms with Gasteiger partial charge in [0.15, 0.2) is 0 Å². The first-order valence-corrected chi connectivity index (χ1v) is 9.67. The van der Waals surface area contributed by atoms with Crippen molar-refractivity contribution in [2.45, 2.75) is 52.5 Å². The Labute approximate surface area is 152 Å². The van der Waals surface area contributed by atoms with Crippen LogP contribution in [-0.2, 0) is 25.5 Å². The van der Waals surface area contributed by atoms with E-state index in [1.807, 2.05) is 0 Å². The third kappa shape index (κ3) is 7.13. The van der Waals surface area contributed by atoms with Crippen molar-refractivity contribution < 1.29 is 33.6 Å². The van der Waals surface area contributed by atoms with Crippen molar-refractivity contribution in [1.29, 1.82) is 0 Å². The molecule has 0 saturated carbocycles. The van der Waals surface area contributed by atoms with Gasteiger partial charge >= 0.3 is 19.6 Å². The lowest BCUT2D eigenvalue weighted by molar-refractivity contribution is -0.149. The summed E-state index contributed by atoms with van der Waals surface area (Å²) in [5.74, 6) is -1.71. The highest BCUT2D eigenvalue weighted by molar-refractivity contribution is 7.55. The minimum Gasteiger partial charge on any atom is -0.480 e. The van der Waals surface area contributed by atoms with Crippen molar-refractivity contribution in [1.82, 2.24) is 10.2 Å². The van der Waals surface area contributed by atoms with Crippen LogP contribution >= 0.6 is 7.67 Å². The number of carboxylic acid groups (broad SMARTS) is 1. The lowest BCUT2D eigenvalue weighted by Crippen LogP contribution is -2.43. The normalized spacial score (nSPS) is 15.8. The monoisotopic (exact) mass is 388 g/mol. The Morgan fingerprint density at radius 3 is 2.08 bits per heavy atom. The molecule has 0 bridgehead atoms. The number of carbonyl (C=O) groups is 2. The fraction of sp³-hybridized carbons (Fsp3) is 0.500. The number of hydrogen-bond donors (Lipinski definition) is 4. The molecule has 0 spiro atoms. The molecule has 0 radical (unpaired) electrons. The lowest BCUT2D eigenvalue weighted by atomic mass is 10.2. The summed E-state index contributed by atoms with van der Waals surface area (Å²) in [5, 5.41) is 23.0. The average Bonchev–Trinajstić information content (AvgIpc) is 2.54. The second-order valence-electron chi connectivity index (χ2n) is 5.97. The molecule has 1 aromatic rings. The van der Waals surface area contributed by atoms with Crippen LogP contribution in [0.5, 0.6) is 5.75 Å². The van der Waals surface area contributed by atoms with Gasteiger partial charge in [-0.2, -0.15) is 0 Å². The summed E-state index contributed by atoms with van der Waals surface area (Å²) in [6.45, 7) is 5.92.